The lowest BCUT2D eigenvalue weighted by molar-refractivity contribution is -0.118. The first-order valence-corrected chi connectivity index (χ1v) is 12.9. The summed E-state index contributed by atoms with van der Waals surface area (Å²) < 4.78 is 37.0. The van der Waals surface area contributed by atoms with Gasteiger partial charge in [0.05, 0.1) is 41.8 Å². The molecule has 8 nitrogen and oxygen atoms in total. The van der Waals surface area contributed by atoms with Gasteiger partial charge >= 0.3 is 0 Å². The van der Waals surface area contributed by atoms with Crippen LogP contribution in [0.25, 0.3) is 10.2 Å². The molecule has 4 rings (SSSR count). The zero-order valence-electron chi connectivity index (χ0n) is 18.7. The van der Waals surface area contributed by atoms with E-state index in [0.717, 1.165) is 4.70 Å². The summed E-state index contributed by atoms with van der Waals surface area (Å²) in [4.78, 5) is 23.9. The number of pyridine rings is 1. The van der Waals surface area contributed by atoms with E-state index in [-0.39, 0.29) is 29.5 Å². The van der Waals surface area contributed by atoms with Crippen LogP contribution in [-0.2, 0) is 21.2 Å². The first-order valence-electron chi connectivity index (χ1n) is 10.4. The molecular formula is C24H23N3O5S2. The number of aromatic nitrogens is 2. The monoisotopic (exact) mass is 497 g/mol. The molecule has 10 heteroatoms. The number of thiazole rings is 1. The van der Waals surface area contributed by atoms with Gasteiger partial charge in [-0.05, 0) is 48.5 Å². The number of carbonyl (C=O) groups excluding carboxylic acids is 1. The van der Waals surface area contributed by atoms with Gasteiger partial charge in [-0.25, -0.2) is 13.4 Å². The molecule has 0 spiro atoms. The number of anilines is 1. The fraction of sp³-hybridized carbons (Fsp3) is 0.208. The van der Waals surface area contributed by atoms with Gasteiger partial charge in [0.25, 0.3) is 0 Å². The lowest BCUT2D eigenvalue weighted by Crippen LogP contribution is -2.32. The number of amides is 1. The second kappa shape index (κ2) is 10.2. The number of fused-ring (bicyclic) bond motifs is 1. The van der Waals surface area contributed by atoms with Crippen molar-refractivity contribution in [3.8, 4) is 11.5 Å². The van der Waals surface area contributed by atoms with E-state index >= 15 is 0 Å². The van der Waals surface area contributed by atoms with Crippen LogP contribution >= 0.6 is 11.3 Å². The average molecular weight is 498 g/mol. The van der Waals surface area contributed by atoms with Crippen molar-refractivity contribution in [1.82, 2.24) is 9.97 Å². The second-order valence-corrected chi connectivity index (χ2v) is 10.5. The topological polar surface area (TPSA) is 98.7 Å². The van der Waals surface area contributed by atoms with Gasteiger partial charge < -0.3 is 9.47 Å². The summed E-state index contributed by atoms with van der Waals surface area (Å²) in [6.45, 7) is 0.171. The highest BCUT2D eigenvalue weighted by Gasteiger charge is 2.24. The first kappa shape index (κ1) is 23.7. The van der Waals surface area contributed by atoms with E-state index < -0.39 is 9.84 Å². The molecule has 0 aliphatic carbocycles. The molecule has 0 aliphatic heterocycles. The molecule has 2 aromatic carbocycles. The summed E-state index contributed by atoms with van der Waals surface area (Å²) in [7, 11) is -0.586. The molecule has 2 heterocycles. The van der Waals surface area contributed by atoms with Gasteiger partial charge in [0, 0.05) is 12.6 Å². The van der Waals surface area contributed by atoms with E-state index in [1.54, 1.807) is 37.6 Å². The molecule has 0 N–H and O–H groups in total. The maximum atomic E-state index is 13.3. The van der Waals surface area contributed by atoms with Gasteiger partial charge in [-0.3, -0.25) is 14.7 Å². The molecule has 34 heavy (non-hydrogen) atoms. The Kier molecular flexibility index (Phi) is 7.09. The van der Waals surface area contributed by atoms with Crippen molar-refractivity contribution in [2.75, 3.05) is 24.9 Å². The molecule has 0 bridgehead atoms. The number of sulfone groups is 1. The summed E-state index contributed by atoms with van der Waals surface area (Å²) in [5.41, 5.74) is 1.31. The third-order valence-electron chi connectivity index (χ3n) is 5.17. The highest BCUT2D eigenvalue weighted by atomic mass is 32.2. The summed E-state index contributed by atoms with van der Waals surface area (Å²) >= 11 is 1.34. The molecular weight excluding hydrogens is 474 g/mol. The molecule has 176 valence electrons. The Morgan fingerprint density at radius 3 is 2.47 bits per heavy atom. The minimum absolute atomic E-state index is 0.141. The Balaban J connectivity index is 1.60. The van der Waals surface area contributed by atoms with Crippen LogP contribution in [0, 0.1) is 0 Å². The maximum absolute atomic E-state index is 13.3. The van der Waals surface area contributed by atoms with E-state index in [9.17, 15) is 13.2 Å². The summed E-state index contributed by atoms with van der Waals surface area (Å²) in [5, 5.41) is 0.456. The third-order valence-corrected chi connectivity index (χ3v) is 7.95. The standard InChI is InChI=1S/C24H23N3O5S2/c1-31-18-9-11-19(12-10-18)34(29,30)15-13-22(28)27(16-17-6-3-4-14-25-17)24-26-23-20(32-2)7-5-8-21(23)33-24/h3-12,14H,13,15-16H2,1-2H3. The molecule has 4 aromatic rings. The molecule has 0 saturated heterocycles. The fourth-order valence-corrected chi connectivity index (χ4v) is 5.59. The number of ether oxygens (including phenoxy) is 2. The second-order valence-electron chi connectivity index (χ2n) is 7.35. The fourth-order valence-electron chi connectivity index (χ4n) is 3.37. The molecule has 0 radical (unpaired) electrons. The minimum atomic E-state index is -3.66. The van der Waals surface area contributed by atoms with E-state index in [2.05, 4.69) is 9.97 Å². The highest BCUT2D eigenvalue weighted by Crippen LogP contribution is 2.35. The minimum Gasteiger partial charge on any atom is -0.497 e. The van der Waals surface area contributed by atoms with Crippen molar-refractivity contribution in [3.63, 3.8) is 0 Å². The molecule has 0 atom stereocenters. The van der Waals surface area contributed by atoms with Crippen LogP contribution in [0.15, 0.2) is 71.8 Å². The van der Waals surface area contributed by atoms with E-state index in [1.165, 1.54) is 35.5 Å². The number of nitrogens with zero attached hydrogens (tertiary/aromatic N) is 3. The van der Waals surface area contributed by atoms with Crippen LogP contribution in [0.1, 0.15) is 12.1 Å². The molecule has 1 amide bonds. The summed E-state index contributed by atoms with van der Waals surface area (Å²) in [6.07, 6.45) is 1.45. The lowest BCUT2D eigenvalue weighted by Gasteiger charge is -2.19. The van der Waals surface area contributed by atoms with Gasteiger partial charge in [0.1, 0.15) is 17.0 Å². The van der Waals surface area contributed by atoms with Crippen LogP contribution in [0.5, 0.6) is 11.5 Å². The van der Waals surface area contributed by atoms with Crippen molar-refractivity contribution in [2.24, 2.45) is 0 Å². The van der Waals surface area contributed by atoms with Crippen molar-refractivity contribution >= 4 is 42.4 Å². The Morgan fingerprint density at radius 2 is 1.79 bits per heavy atom. The Bertz CT molecular complexity index is 1390. The quantitative estimate of drug-likeness (QED) is 0.343. The molecule has 2 aromatic heterocycles. The predicted octanol–water partition coefficient (Wildman–Crippen LogP) is 4.11. The average Bonchev–Trinajstić information content (AvgIpc) is 3.30. The number of methoxy groups -OCH3 is 2. The van der Waals surface area contributed by atoms with Crippen LogP contribution in [-0.4, -0.2) is 44.3 Å². The van der Waals surface area contributed by atoms with Gasteiger partial charge in [0.2, 0.25) is 5.91 Å². The predicted molar refractivity (Wildman–Crippen MR) is 131 cm³/mol. The Morgan fingerprint density at radius 1 is 1.00 bits per heavy atom. The van der Waals surface area contributed by atoms with Crippen LogP contribution < -0.4 is 14.4 Å². The summed E-state index contributed by atoms with van der Waals surface area (Å²) in [5.74, 6) is 0.473. The van der Waals surface area contributed by atoms with Crippen LogP contribution in [0.2, 0.25) is 0 Å². The molecule has 0 fully saturated rings. The smallest absolute Gasteiger partial charge is 0.230 e. The van der Waals surface area contributed by atoms with Gasteiger partial charge in [-0.15, -0.1) is 0 Å². The first-order chi connectivity index (χ1) is 16.4. The molecule has 0 unspecified atom stereocenters. The highest BCUT2D eigenvalue weighted by molar-refractivity contribution is 7.91. The number of rotatable bonds is 9. The van der Waals surface area contributed by atoms with Gasteiger partial charge in [-0.1, -0.05) is 23.5 Å². The zero-order chi connectivity index (χ0) is 24.1. The number of hydrogen-bond acceptors (Lipinski definition) is 8. The van der Waals surface area contributed by atoms with Crippen molar-refractivity contribution in [3.05, 3.63) is 72.6 Å². The molecule has 0 aliphatic rings. The van der Waals surface area contributed by atoms with Crippen molar-refractivity contribution < 1.29 is 22.7 Å². The number of carbonyl (C=O) groups is 1. The Hall–Kier alpha value is -3.50. The van der Waals surface area contributed by atoms with Gasteiger partial charge in [0.15, 0.2) is 15.0 Å². The maximum Gasteiger partial charge on any atom is 0.230 e. The summed E-state index contributed by atoms with van der Waals surface area (Å²) in [6, 6.07) is 17.1. The third kappa shape index (κ3) is 5.18. The number of hydrogen-bond donors (Lipinski definition) is 0. The number of benzene rings is 2. The van der Waals surface area contributed by atoms with Crippen molar-refractivity contribution in [2.45, 2.75) is 17.9 Å². The van der Waals surface area contributed by atoms with Crippen LogP contribution in [0.3, 0.4) is 0 Å². The Labute approximate surface area is 201 Å². The van der Waals surface area contributed by atoms with E-state index in [4.69, 9.17) is 9.47 Å². The van der Waals surface area contributed by atoms with E-state index in [0.29, 0.717) is 27.8 Å². The normalized spacial score (nSPS) is 11.4. The van der Waals surface area contributed by atoms with Crippen LogP contribution in [0.4, 0.5) is 5.13 Å². The largest absolute Gasteiger partial charge is 0.497 e. The van der Waals surface area contributed by atoms with E-state index in [1.807, 2.05) is 24.3 Å². The van der Waals surface area contributed by atoms with Crippen molar-refractivity contribution in [1.29, 1.82) is 0 Å². The lowest BCUT2D eigenvalue weighted by atomic mass is 10.3. The molecule has 0 saturated carbocycles. The number of para-hydroxylation sites is 1. The van der Waals surface area contributed by atoms with Gasteiger partial charge in [-0.2, -0.15) is 0 Å². The zero-order valence-corrected chi connectivity index (χ0v) is 20.3. The SMILES string of the molecule is COc1ccc(S(=O)(=O)CCC(=O)N(Cc2ccccn2)c2nc3c(OC)cccc3s2)cc1.